The van der Waals surface area contributed by atoms with Crippen molar-refractivity contribution in [1.29, 1.82) is 0 Å². The van der Waals surface area contributed by atoms with Crippen molar-refractivity contribution in [2.24, 2.45) is 7.05 Å². The predicted molar refractivity (Wildman–Crippen MR) is 71.4 cm³/mol. The molecule has 0 saturated carbocycles. The lowest BCUT2D eigenvalue weighted by molar-refractivity contribution is 0.731. The van der Waals surface area contributed by atoms with Crippen LogP contribution in [-0.4, -0.2) is 27.9 Å². The minimum atomic E-state index is 0.556. The van der Waals surface area contributed by atoms with Crippen molar-refractivity contribution in [3.05, 3.63) is 35.9 Å². The lowest BCUT2D eigenvalue weighted by atomic mass is 10.00. The number of aryl methyl sites for hydroxylation is 2. The third-order valence-electron chi connectivity index (χ3n) is 3.49. The number of hydrogen-bond acceptors (Lipinski definition) is 3. The molecule has 0 bridgehead atoms. The van der Waals surface area contributed by atoms with E-state index in [-0.39, 0.29) is 0 Å². The van der Waals surface area contributed by atoms with Crippen LogP contribution in [-0.2, 0) is 7.05 Å². The maximum atomic E-state index is 4.68. The molecule has 1 atom stereocenters. The second-order valence-corrected chi connectivity index (χ2v) is 5.01. The van der Waals surface area contributed by atoms with Crippen LogP contribution in [0.15, 0.2) is 24.5 Å². The van der Waals surface area contributed by atoms with Crippen molar-refractivity contribution in [2.45, 2.75) is 19.3 Å². The molecule has 1 aliphatic heterocycles. The van der Waals surface area contributed by atoms with Gasteiger partial charge in [-0.2, -0.15) is 5.10 Å². The van der Waals surface area contributed by atoms with E-state index in [1.807, 2.05) is 24.1 Å². The molecule has 1 saturated heterocycles. The van der Waals surface area contributed by atoms with E-state index in [1.54, 1.807) is 0 Å². The van der Waals surface area contributed by atoms with Gasteiger partial charge in [0.05, 0.1) is 6.20 Å². The molecule has 0 spiro atoms. The van der Waals surface area contributed by atoms with Crippen LogP contribution in [0.2, 0.25) is 0 Å². The molecule has 0 radical (unpaired) electrons. The fraction of sp³-hybridized carbons (Fsp3) is 0.429. The first-order chi connectivity index (χ1) is 8.72. The minimum absolute atomic E-state index is 0.556. The van der Waals surface area contributed by atoms with Gasteiger partial charge in [-0.25, -0.2) is 0 Å². The summed E-state index contributed by atoms with van der Waals surface area (Å²) in [6, 6.07) is 4.34. The molecule has 1 fully saturated rings. The highest BCUT2D eigenvalue weighted by atomic mass is 15.2. The highest BCUT2D eigenvalue weighted by molar-refractivity contribution is 5.62. The Kier molecular flexibility index (Phi) is 2.88. The first-order valence-corrected chi connectivity index (χ1v) is 6.41. The van der Waals surface area contributed by atoms with Crippen molar-refractivity contribution in [2.75, 3.05) is 13.1 Å². The molecular formula is C14H18N4. The van der Waals surface area contributed by atoms with E-state index in [0.29, 0.717) is 5.92 Å². The summed E-state index contributed by atoms with van der Waals surface area (Å²) in [5.41, 5.74) is 4.67. The molecule has 1 unspecified atom stereocenters. The summed E-state index contributed by atoms with van der Waals surface area (Å²) in [4.78, 5) is 4.68. The SMILES string of the molecule is Cc1cc(-c2cnn(C)c2)cc(C2CCNC2)n1. The molecular weight excluding hydrogens is 224 g/mol. The summed E-state index contributed by atoms with van der Waals surface area (Å²) in [5.74, 6) is 0.556. The molecule has 0 amide bonds. The van der Waals surface area contributed by atoms with Gasteiger partial charge in [0.25, 0.3) is 0 Å². The van der Waals surface area contributed by atoms with Crippen LogP contribution in [0.3, 0.4) is 0 Å². The molecule has 0 aliphatic carbocycles. The van der Waals surface area contributed by atoms with Gasteiger partial charge in [0.2, 0.25) is 0 Å². The molecule has 3 rings (SSSR count). The van der Waals surface area contributed by atoms with E-state index < -0.39 is 0 Å². The molecule has 3 heterocycles. The Morgan fingerprint density at radius 1 is 1.33 bits per heavy atom. The molecule has 1 N–H and O–H groups in total. The van der Waals surface area contributed by atoms with Gasteiger partial charge in [0.1, 0.15) is 0 Å². The lowest BCUT2D eigenvalue weighted by Gasteiger charge is -2.10. The van der Waals surface area contributed by atoms with Crippen LogP contribution < -0.4 is 5.32 Å². The van der Waals surface area contributed by atoms with Gasteiger partial charge >= 0.3 is 0 Å². The van der Waals surface area contributed by atoms with Crippen LogP contribution >= 0.6 is 0 Å². The van der Waals surface area contributed by atoms with Crippen molar-refractivity contribution < 1.29 is 0 Å². The number of nitrogens with zero attached hydrogens (tertiary/aromatic N) is 3. The summed E-state index contributed by atoms with van der Waals surface area (Å²) < 4.78 is 1.84. The van der Waals surface area contributed by atoms with Crippen molar-refractivity contribution in [3.8, 4) is 11.1 Å². The molecule has 1 aliphatic rings. The molecule has 2 aromatic heterocycles. The standard InChI is InChI=1S/C14H18N4/c1-10-5-12(13-8-16-18(2)9-13)6-14(17-10)11-3-4-15-7-11/h5-6,8-9,11,15H,3-4,7H2,1-2H3. The van der Waals surface area contributed by atoms with Gasteiger partial charge in [-0.05, 0) is 37.6 Å². The molecule has 2 aromatic rings. The van der Waals surface area contributed by atoms with Crippen LogP contribution in [0.25, 0.3) is 11.1 Å². The van der Waals surface area contributed by atoms with E-state index >= 15 is 0 Å². The summed E-state index contributed by atoms with van der Waals surface area (Å²) in [7, 11) is 1.94. The van der Waals surface area contributed by atoms with E-state index in [1.165, 1.54) is 17.7 Å². The number of hydrogen-bond donors (Lipinski definition) is 1. The third kappa shape index (κ3) is 2.16. The maximum Gasteiger partial charge on any atom is 0.0568 e. The molecule has 4 nitrogen and oxygen atoms in total. The van der Waals surface area contributed by atoms with Gasteiger partial charge in [0.15, 0.2) is 0 Å². The van der Waals surface area contributed by atoms with Gasteiger partial charge in [-0.15, -0.1) is 0 Å². The van der Waals surface area contributed by atoms with Crippen LogP contribution in [0.1, 0.15) is 23.7 Å². The lowest BCUT2D eigenvalue weighted by Crippen LogP contribution is -2.09. The topological polar surface area (TPSA) is 42.7 Å². The fourth-order valence-corrected chi connectivity index (χ4v) is 2.55. The second-order valence-electron chi connectivity index (χ2n) is 5.01. The molecule has 18 heavy (non-hydrogen) atoms. The van der Waals surface area contributed by atoms with Crippen molar-refractivity contribution in [3.63, 3.8) is 0 Å². The first-order valence-electron chi connectivity index (χ1n) is 6.41. The summed E-state index contributed by atoms with van der Waals surface area (Å²) in [6.45, 7) is 4.21. The number of nitrogens with one attached hydrogen (secondary N) is 1. The van der Waals surface area contributed by atoms with Crippen molar-refractivity contribution in [1.82, 2.24) is 20.1 Å². The van der Waals surface area contributed by atoms with Crippen molar-refractivity contribution >= 4 is 0 Å². The zero-order chi connectivity index (χ0) is 12.5. The Hall–Kier alpha value is -1.68. The summed E-state index contributed by atoms with van der Waals surface area (Å²) in [5, 5.41) is 7.63. The van der Waals surface area contributed by atoms with E-state index in [0.717, 1.165) is 24.3 Å². The predicted octanol–water partition coefficient (Wildman–Crippen LogP) is 1.87. The monoisotopic (exact) mass is 242 g/mol. The Bertz CT molecular complexity index is 553. The van der Waals surface area contributed by atoms with E-state index in [4.69, 9.17) is 0 Å². The van der Waals surface area contributed by atoms with Crippen LogP contribution in [0.5, 0.6) is 0 Å². The molecule has 94 valence electrons. The Morgan fingerprint density at radius 3 is 2.89 bits per heavy atom. The Morgan fingerprint density at radius 2 is 2.22 bits per heavy atom. The van der Waals surface area contributed by atoms with E-state index in [9.17, 15) is 0 Å². The van der Waals surface area contributed by atoms with Gasteiger partial charge in [-0.1, -0.05) is 0 Å². The van der Waals surface area contributed by atoms with Gasteiger partial charge in [0, 0.05) is 42.7 Å². The first kappa shape index (κ1) is 11.4. The highest BCUT2D eigenvalue weighted by Crippen LogP contribution is 2.26. The fourth-order valence-electron chi connectivity index (χ4n) is 2.55. The smallest absolute Gasteiger partial charge is 0.0568 e. The summed E-state index contributed by atoms with van der Waals surface area (Å²) in [6.07, 6.45) is 5.14. The zero-order valence-electron chi connectivity index (χ0n) is 10.8. The van der Waals surface area contributed by atoms with Crippen LogP contribution in [0, 0.1) is 6.92 Å². The minimum Gasteiger partial charge on any atom is -0.316 e. The Balaban J connectivity index is 1.99. The Labute approximate surface area is 107 Å². The second kappa shape index (κ2) is 4.53. The van der Waals surface area contributed by atoms with Crippen LogP contribution in [0.4, 0.5) is 0 Å². The zero-order valence-corrected chi connectivity index (χ0v) is 10.8. The quantitative estimate of drug-likeness (QED) is 0.874. The third-order valence-corrected chi connectivity index (χ3v) is 3.49. The highest BCUT2D eigenvalue weighted by Gasteiger charge is 2.19. The number of pyridine rings is 1. The van der Waals surface area contributed by atoms with Gasteiger partial charge < -0.3 is 5.32 Å². The maximum absolute atomic E-state index is 4.68. The molecule has 0 aromatic carbocycles. The van der Waals surface area contributed by atoms with E-state index in [2.05, 4.69) is 34.5 Å². The summed E-state index contributed by atoms with van der Waals surface area (Å²) >= 11 is 0. The van der Waals surface area contributed by atoms with Gasteiger partial charge in [-0.3, -0.25) is 9.67 Å². The normalized spacial score (nSPS) is 19.3. The molecule has 4 heteroatoms. The number of rotatable bonds is 2. The average Bonchev–Trinajstić information content (AvgIpc) is 2.98. The number of aromatic nitrogens is 3. The average molecular weight is 242 g/mol. The largest absolute Gasteiger partial charge is 0.316 e.